The van der Waals surface area contributed by atoms with Crippen molar-refractivity contribution in [3.8, 4) is 0 Å². The fourth-order valence-corrected chi connectivity index (χ4v) is 4.38. The minimum atomic E-state index is -1.11. The second-order valence-electron chi connectivity index (χ2n) is 8.16. The van der Waals surface area contributed by atoms with E-state index in [-0.39, 0.29) is 5.78 Å². The summed E-state index contributed by atoms with van der Waals surface area (Å²) in [6.07, 6.45) is 6.13. The van der Waals surface area contributed by atoms with Gasteiger partial charge in [0.15, 0.2) is 10.7 Å². The van der Waals surface area contributed by atoms with Gasteiger partial charge >= 0.3 is 6.09 Å². The maximum atomic E-state index is 13.5. The lowest BCUT2D eigenvalue weighted by atomic mass is 9.80. The molecule has 6 nitrogen and oxygen atoms in total. The summed E-state index contributed by atoms with van der Waals surface area (Å²) < 4.78 is 5.24. The van der Waals surface area contributed by atoms with E-state index >= 15 is 0 Å². The van der Waals surface area contributed by atoms with Crippen LogP contribution < -0.4 is 5.32 Å². The Morgan fingerprint density at radius 2 is 1.79 bits per heavy atom. The molecule has 0 radical (unpaired) electrons. The summed E-state index contributed by atoms with van der Waals surface area (Å²) in [7, 11) is 0. The monoisotopic (exact) mass is 411 g/mol. The van der Waals surface area contributed by atoms with Crippen molar-refractivity contribution in [3.05, 3.63) is 57.6 Å². The largest absolute Gasteiger partial charge is 0.444 e. The van der Waals surface area contributed by atoms with Crippen LogP contribution in [0.25, 0.3) is 0 Å². The predicted octanol–water partition coefficient (Wildman–Crippen LogP) is 5.13. The van der Waals surface area contributed by atoms with Gasteiger partial charge in [0, 0.05) is 6.21 Å². The zero-order valence-electron chi connectivity index (χ0n) is 17.5. The van der Waals surface area contributed by atoms with Gasteiger partial charge in [-0.05, 0) is 70.4 Å². The zero-order chi connectivity index (χ0) is 21.4. The van der Waals surface area contributed by atoms with Crippen LogP contribution in [0.5, 0.6) is 0 Å². The van der Waals surface area contributed by atoms with E-state index in [1.807, 2.05) is 26.8 Å². The van der Waals surface area contributed by atoms with Gasteiger partial charge in [0.25, 0.3) is 0 Å². The highest BCUT2D eigenvalue weighted by Crippen LogP contribution is 2.39. The molecule has 2 aromatic rings. The Labute approximate surface area is 174 Å². The molecule has 7 heteroatoms. The number of rotatable bonds is 4. The number of ketones is 1. The molecule has 1 atom stereocenters. The molecule has 3 rings (SSSR count). The molecule has 1 aromatic carbocycles. The summed E-state index contributed by atoms with van der Waals surface area (Å²) in [6, 6.07) is 4.11. The molecule has 0 bridgehead atoms. The van der Waals surface area contributed by atoms with Crippen LogP contribution in [0.2, 0.25) is 0 Å². The first-order valence-corrected chi connectivity index (χ1v) is 10.2. The van der Waals surface area contributed by atoms with Crippen LogP contribution in [0.3, 0.4) is 0 Å². The number of anilines is 1. The van der Waals surface area contributed by atoms with Gasteiger partial charge in [0.1, 0.15) is 5.60 Å². The normalized spacial score (nSPS) is 18.1. The van der Waals surface area contributed by atoms with Crippen LogP contribution in [0, 0.1) is 20.8 Å². The first-order chi connectivity index (χ1) is 13.5. The Hall–Kier alpha value is -2.80. The highest BCUT2D eigenvalue weighted by Gasteiger charge is 2.42. The van der Waals surface area contributed by atoms with Crippen molar-refractivity contribution in [2.24, 2.45) is 4.99 Å². The molecule has 0 spiro atoms. The number of carbonyl (C=O) groups excluding carboxylic acids is 2. The van der Waals surface area contributed by atoms with Gasteiger partial charge < -0.3 is 4.74 Å². The van der Waals surface area contributed by atoms with Crippen LogP contribution in [-0.2, 0) is 10.3 Å². The number of ether oxygens (including phenoxy) is 1. The third-order valence-electron chi connectivity index (χ3n) is 4.44. The number of hydrogen-bond donors (Lipinski definition) is 1. The zero-order valence-corrected chi connectivity index (χ0v) is 18.3. The van der Waals surface area contributed by atoms with E-state index < -0.39 is 17.2 Å². The number of thiazole rings is 1. The van der Waals surface area contributed by atoms with E-state index in [2.05, 4.69) is 27.4 Å². The number of aliphatic imine (C=N–C) groups is 1. The Balaban J connectivity index is 1.93. The van der Waals surface area contributed by atoms with Crippen LogP contribution in [0.1, 0.15) is 52.7 Å². The van der Waals surface area contributed by atoms with E-state index in [1.165, 1.54) is 6.20 Å². The Morgan fingerprint density at radius 3 is 2.34 bits per heavy atom. The van der Waals surface area contributed by atoms with E-state index in [1.54, 1.807) is 33.1 Å². The molecule has 1 aromatic heterocycles. The van der Waals surface area contributed by atoms with Crippen LogP contribution >= 0.6 is 11.3 Å². The highest BCUT2D eigenvalue weighted by molar-refractivity contribution is 7.17. The Bertz CT molecular complexity index is 993. The quantitative estimate of drug-likeness (QED) is 0.707. The van der Waals surface area contributed by atoms with Crippen molar-refractivity contribution in [2.75, 3.05) is 5.32 Å². The summed E-state index contributed by atoms with van der Waals surface area (Å²) in [5, 5.41) is 2.89. The van der Waals surface area contributed by atoms with Gasteiger partial charge in [-0.15, -0.1) is 0 Å². The third-order valence-corrected chi connectivity index (χ3v) is 5.35. The van der Waals surface area contributed by atoms with Crippen molar-refractivity contribution >= 4 is 34.6 Å². The fourth-order valence-electron chi connectivity index (χ4n) is 3.58. The summed E-state index contributed by atoms with van der Waals surface area (Å²) in [6.45, 7) is 11.4. The van der Waals surface area contributed by atoms with E-state index in [4.69, 9.17) is 4.74 Å². The van der Waals surface area contributed by atoms with Gasteiger partial charge in [0.05, 0.1) is 11.1 Å². The van der Waals surface area contributed by atoms with Crippen LogP contribution in [-0.4, -0.2) is 28.7 Å². The van der Waals surface area contributed by atoms with Crippen molar-refractivity contribution in [3.63, 3.8) is 0 Å². The third kappa shape index (κ3) is 4.29. The average Bonchev–Trinajstić information content (AvgIpc) is 3.22. The molecule has 29 heavy (non-hydrogen) atoms. The smallest absolute Gasteiger partial charge is 0.413 e. The molecule has 1 unspecified atom stereocenters. The molecule has 152 valence electrons. The summed E-state index contributed by atoms with van der Waals surface area (Å²) in [4.78, 5) is 34.7. The lowest BCUT2D eigenvalue weighted by molar-refractivity contribution is 0.0635. The standard InChI is InChI=1S/C22H25N3O3S/c1-13-10-14(2)17(15(3)11-13)22(8-7-9-24-22)18(26)16-12-23-19(29-16)25-20(27)28-21(4,5)6/h7-12H,1-6H3,(H,23,25,27). The molecule has 0 aliphatic carbocycles. The molecule has 1 aliphatic heterocycles. The lowest BCUT2D eigenvalue weighted by Crippen LogP contribution is -2.32. The van der Waals surface area contributed by atoms with E-state index in [0.717, 1.165) is 33.6 Å². The fraction of sp³-hybridized carbons (Fsp3) is 0.364. The first-order valence-electron chi connectivity index (χ1n) is 9.34. The first kappa shape index (κ1) is 20.9. The number of Topliss-reactive ketones (excluding diaryl/α,β-unsaturated/α-hetero) is 1. The summed E-state index contributed by atoms with van der Waals surface area (Å²) >= 11 is 1.11. The maximum absolute atomic E-state index is 13.5. The van der Waals surface area contributed by atoms with Gasteiger partial charge in [-0.2, -0.15) is 0 Å². The number of aromatic nitrogens is 1. The molecule has 0 fully saturated rings. The topological polar surface area (TPSA) is 80.7 Å². The molecule has 1 aliphatic rings. The molecule has 1 N–H and O–H groups in total. The number of nitrogens with zero attached hydrogens (tertiary/aromatic N) is 2. The lowest BCUT2D eigenvalue weighted by Gasteiger charge is -2.27. The number of aryl methyl sites for hydroxylation is 3. The van der Waals surface area contributed by atoms with Gasteiger partial charge in [-0.25, -0.2) is 9.78 Å². The number of carbonyl (C=O) groups is 2. The Morgan fingerprint density at radius 1 is 1.14 bits per heavy atom. The molecule has 0 saturated heterocycles. The molecule has 2 heterocycles. The second kappa shape index (κ2) is 7.55. The summed E-state index contributed by atoms with van der Waals surface area (Å²) in [5.74, 6) is -0.174. The maximum Gasteiger partial charge on any atom is 0.413 e. The number of nitrogens with one attached hydrogen (secondary N) is 1. The van der Waals surface area contributed by atoms with Gasteiger partial charge in [-0.1, -0.05) is 29.0 Å². The predicted molar refractivity (Wildman–Crippen MR) is 116 cm³/mol. The van der Waals surface area contributed by atoms with Gasteiger partial charge in [0.2, 0.25) is 5.78 Å². The van der Waals surface area contributed by atoms with Crippen molar-refractivity contribution in [1.82, 2.24) is 4.98 Å². The van der Waals surface area contributed by atoms with E-state index in [0.29, 0.717) is 10.0 Å². The molecule has 1 amide bonds. The second-order valence-corrected chi connectivity index (χ2v) is 9.19. The minimum Gasteiger partial charge on any atom is -0.444 e. The number of allylic oxidation sites excluding steroid dienone is 1. The van der Waals surface area contributed by atoms with Gasteiger partial charge in [-0.3, -0.25) is 15.1 Å². The highest BCUT2D eigenvalue weighted by atomic mass is 32.1. The molecule has 0 saturated carbocycles. The summed E-state index contributed by atoms with van der Waals surface area (Å²) in [5.41, 5.74) is 2.31. The van der Waals surface area contributed by atoms with Crippen molar-refractivity contribution in [2.45, 2.75) is 52.7 Å². The molecular formula is C22H25N3O3S. The minimum absolute atomic E-state index is 0.174. The number of benzene rings is 1. The number of hydrogen-bond acceptors (Lipinski definition) is 6. The van der Waals surface area contributed by atoms with Crippen molar-refractivity contribution in [1.29, 1.82) is 0 Å². The molecular weight excluding hydrogens is 386 g/mol. The van der Waals surface area contributed by atoms with Crippen molar-refractivity contribution < 1.29 is 14.3 Å². The SMILES string of the molecule is Cc1cc(C)c(C2(C(=O)c3cnc(NC(=O)OC(C)(C)C)s3)C=CC=N2)c(C)c1. The Kier molecular flexibility index (Phi) is 5.45. The van der Waals surface area contributed by atoms with Crippen LogP contribution in [0.4, 0.5) is 9.93 Å². The average molecular weight is 412 g/mol. The number of amides is 1. The van der Waals surface area contributed by atoms with E-state index in [9.17, 15) is 9.59 Å². The van der Waals surface area contributed by atoms with Crippen LogP contribution in [0.15, 0.2) is 35.5 Å².